The number of fused-ring (bicyclic) bond motifs is 1. The predicted molar refractivity (Wildman–Crippen MR) is 114 cm³/mol. The summed E-state index contributed by atoms with van der Waals surface area (Å²) in [5.41, 5.74) is 3.49. The van der Waals surface area contributed by atoms with Crippen molar-refractivity contribution in [2.75, 3.05) is 29.4 Å². The van der Waals surface area contributed by atoms with Crippen LogP contribution in [0.1, 0.15) is 18.9 Å². The van der Waals surface area contributed by atoms with Crippen LogP contribution in [0.5, 0.6) is 0 Å². The van der Waals surface area contributed by atoms with E-state index in [1.807, 2.05) is 41.3 Å². The van der Waals surface area contributed by atoms with E-state index in [4.69, 9.17) is 5.41 Å². The Morgan fingerprint density at radius 3 is 2.48 bits per heavy atom. The Labute approximate surface area is 162 Å². The van der Waals surface area contributed by atoms with Crippen LogP contribution in [0.3, 0.4) is 0 Å². The Morgan fingerprint density at radius 1 is 1.11 bits per heavy atom. The molecule has 0 aliphatic carbocycles. The SMILES string of the molecule is CCN(CC)c1ccc(N2CC(O)=C(c3nc4ccccc4s3)C2=N)cc1. The topological polar surface area (TPSA) is 63.5 Å². The van der Waals surface area contributed by atoms with Gasteiger partial charge in [0, 0.05) is 24.5 Å². The standard InChI is InChI=1S/C21H22N4OS/c1-3-24(4-2)14-9-11-15(12-10-14)25-13-17(26)19(20(25)22)21-23-16-7-5-6-8-18(16)27-21/h5-12,22,26H,3-4,13H2,1-2H3. The molecule has 1 aliphatic rings. The minimum Gasteiger partial charge on any atom is -0.510 e. The number of rotatable bonds is 5. The molecule has 0 amide bonds. The lowest BCUT2D eigenvalue weighted by molar-refractivity contribution is 0.411. The van der Waals surface area contributed by atoms with E-state index in [1.165, 1.54) is 11.3 Å². The maximum absolute atomic E-state index is 10.5. The number of aromatic nitrogens is 1. The van der Waals surface area contributed by atoms with Gasteiger partial charge in [-0.05, 0) is 50.2 Å². The van der Waals surface area contributed by atoms with Gasteiger partial charge in [-0.25, -0.2) is 4.98 Å². The average Bonchev–Trinajstić information content (AvgIpc) is 3.23. The molecule has 0 bridgehead atoms. The summed E-state index contributed by atoms with van der Waals surface area (Å²) in [4.78, 5) is 8.71. The van der Waals surface area contributed by atoms with E-state index in [1.54, 1.807) is 0 Å². The number of hydrogen-bond acceptors (Lipinski definition) is 5. The molecule has 138 valence electrons. The Hall–Kier alpha value is -2.86. The second kappa shape index (κ2) is 7.04. The molecule has 0 radical (unpaired) electrons. The summed E-state index contributed by atoms with van der Waals surface area (Å²) in [5, 5.41) is 19.9. The number of thiazole rings is 1. The summed E-state index contributed by atoms with van der Waals surface area (Å²) in [6.07, 6.45) is 0. The van der Waals surface area contributed by atoms with E-state index in [0.29, 0.717) is 23.0 Å². The predicted octanol–water partition coefficient (Wildman–Crippen LogP) is 4.91. The van der Waals surface area contributed by atoms with Crippen molar-refractivity contribution < 1.29 is 5.11 Å². The van der Waals surface area contributed by atoms with Crippen molar-refractivity contribution in [2.45, 2.75) is 13.8 Å². The molecule has 0 saturated carbocycles. The van der Waals surface area contributed by atoms with Gasteiger partial charge in [-0.1, -0.05) is 12.1 Å². The minimum absolute atomic E-state index is 0.201. The Balaban J connectivity index is 1.62. The number of aliphatic hydroxyl groups excluding tert-OH is 1. The van der Waals surface area contributed by atoms with Gasteiger partial charge in [0.25, 0.3) is 0 Å². The van der Waals surface area contributed by atoms with E-state index in [0.717, 1.165) is 34.7 Å². The quantitative estimate of drug-likeness (QED) is 0.662. The monoisotopic (exact) mass is 378 g/mol. The lowest BCUT2D eigenvalue weighted by Gasteiger charge is -2.23. The number of hydrogen-bond donors (Lipinski definition) is 2. The number of anilines is 2. The van der Waals surface area contributed by atoms with Crippen molar-refractivity contribution in [1.29, 1.82) is 5.41 Å². The van der Waals surface area contributed by atoms with Crippen molar-refractivity contribution in [1.82, 2.24) is 4.98 Å². The van der Waals surface area contributed by atoms with Crippen LogP contribution < -0.4 is 9.80 Å². The highest BCUT2D eigenvalue weighted by Crippen LogP contribution is 2.35. The van der Waals surface area contributed by atoms with Gasteiger partial charge in [-0.3, -0.25) is 5.41 Å². The molecular formula is C21H22N4OS. The molecular weight excluding hydrogens is 356 g/mol. The van der Waals surface area contributed by atoms with Crippen molar-refractivity contribution in [3.63, 3.8) is 0 Å². The number of aliphatic hydroxyl groups is 1. The summed E-state index contributed by atoms with van der Waals surface area (Å²) in [6.45, 7) is 6.49. The smallest absolute Gasteiger partial charge is 0.139 e. The first-order valence-electron chi connectivity index (χ1n) is 9.12. The molecule has 3 aromatic rings. The van der Waals surface area contributed by atoms with Crippen LogP contribution in [0.4, 0.5) is 11.4 Å². The lowest BCUT2D eigenvalue weighted by atomic mass is 10.2. The Bertz CT molecular complexity index is 985. The van der Waals surface area contributed by atoms with Crippen LogP contribution >= 0.6 is 11.3 Å². The molecule has 1 aromatic heterocycles. The van der Waals surface area contributed by atoms with E-state index in [-0.39, 0.29) is 5.76 Å². The number of amidine groups is 1. The zero-order valence-corrected chi connectivity index (χ0v) is 16.3. The van der Waals surface area contributed by atoms with Crippen molar-refractivity contribution >= 4 is 44.3 Å². The average molecular weight is 379 g/mol. The molecule has 2 heterocycles. The number of para-hydroxylation sites is 1. The highest BCUT2D eigenvalue weighted by molar-refractivity contribution is 7.19. The third kappa shape index (κ3) is 3.06. The zero-order chi connectivity index (χ0) is 19.0. The van der Waals surface area contributed by atoms with Crippen LogP contribution in [0.25, 0.3) is 15.8 Å². The van der Waals surface area contributed by atoms with Crippen molar-refractivity contribution in [3.8, 4) is 0 Å². The first-order chi connectivity index (χ1) is 13.1. The Kier molecular flexibility index (Phi) is 4.58. The number of nitrogens with zero attached hydrogens (tertiary/aromatic N) is 3. The molecule has 0 spiro atoms. The maximum atomic E-state index is 10.5. The fraction of sp³-hybridized carbons (Fsp3) is 0.238. The summed E-state index contributed by atoms with van der Waals surface area (Å²) in [6, 6.07) is 16.1. The molecule has 0 fully saturated rings. The lowest BCUT2D eigenvalue weighted by Crippen LogP contribution is -2.26. The summed E-state index contributed by atoms with van der Waals surface area (Å²) in [5.74, 6) is 0.494. The second-order valence-corrected chi connectivity index (χ2v) is 7.46. The molecule has 5 nitrogen and oxygen atoms in total. The van der Waals surface area contributed by atoms with Crippen molar-refractivity contribution in [2.24, 2.45) is 0 Å². The van der Waals surface area contributed by atoms with Crippen molar-refractivity contribution in [3.05, 3.63) is 59.3 Å². The fourth-order valence-corrected chi connectivity index (χ4v) is 4.47. The third-order valence-electron chi connectivity index (χ3n) is 4.90. The van der Waals surface area contributed by atoms with Gasteiger partial charge in [0.2, 0.25) is 0 Å². The van der Waals surface area contributed by atoms with Crippen LogP contribution in [0, 0.1) is 5.41 Å². The minimum atomic E-state index is 0.201. The van der Waals surface area contributed by atoms with Gasteiger partial charge >= 0.3 is 0 Å². The number of nitrogens with one attached hydrogen (secondary N) is 1. The largest absolute Gasteiger partial charge is 0.510 e. The molecule has 1 aliphatic heterocycles. The van der Waals surface area contributed by atoms with Crippen LogP contribution in [-0.2, 0) is 0 Å². The highest BCUT2D eigenvalue weighted by atomic mass is 32.1. The van der Waals surface area contributed by atoms with Crippen LogP contribution in [-0.4, -0.2) is 35.6 Å². The van der Waals surface area contributed by atoms with Gasteiger partial charge in [0.1, 0.15) is 16.6 Å². The van der Waals surface area contributed by atoms with Gasteiger partial charge in [-0.15, -0.1) is 11.3 Å². The van der Waals surface area contributed by atoms with Gasteiger partial charge in [0.05, 0.1) is 22.3 Å². The molecule has 27 heavy (non-hydrogen) atoms. The van der Waals surface area contributed by atoms with Gasteiger partial charge in [-0.2, -0.15) is 0 Å². The molecule has 0 unspecified atom stereocenters. The first-order valence-corrected chi connectivity index (χ1v) is 9.93. The molecule has 4 rings (SSSR count). The molecule has 0 atom stereocenters. The van der Waals surface area contributed by atoms with Gasteiger partial charge < -0.3 is 14.9 Å². The number of benzene rings is 2. The fourth-order valence-electron chi connectivity index (χ4n) is 3.44. The summed E-state index contributed by atoms with van der Waals surface area (Å²) in [7, 11) is 0. The first kappa shape index (κ1) is 17.5. The van der Waals surface area contributed by atoms with E-state index >= 15 is 0 Å². The molecule has 2 aromatic carbocycles. The van der Waals surface area contributed by atoms with Gasteiger partial charge in [0.15, 0.2) is 0 Å². The molecule has 6 heteroatoms. The van der Waals surface area contributed by atoms with E-state index < -0.39 is 0 Å². The van der Waals surface area contributed by atoms with Crippen LogP contribution in [0.2, 0.25) is 0 Å². The maximum Gasteiger partial charge on any atom is 0.139 e. The normalized spacial score (nSPS) is 14.4. The summed E-state index contributed by atoms with van der Waals surface area (Å²) < 4.78 is 1.06. The highest BCUT2D eigenvalue weighted by Gasteiger charge is 2.31. The van der Waals surface area contributed by atoms with Crippen LogP contribution in [0.15, 0.2) is 54.3 Å². The van der Waals surface area contributed by atoms with E-state index in [9.17, 15) is 5.11 Å². The molecule has 2 N–H and O–H groups in total. The van der Waals surface area contributed by atoms with E-state index in [2.05, 4.69) is 35.9 Å². The molecule has 0 saturated heterocycles. The second-order valence-electron chi connectivity index (χ2n) is 6.43. The zero-order valence-electron chi connectivity index (χ0n) is 15.4. The Morgan fingerprint density at radius 2 is 1.81 bits per heavy atom. The third-order valence-corrected chi connectivity index (χ3v) is 5.95. The summed E-state index contributed by atoms with van der Waals surface area (Å²) >= 11 is 1.51.